The van der Waals surface area contributed by atoms with Crippen LogP contribution in [0.1, 0.15) is 50.3 Å². The van der Waals surface area contributed by atoms with Crippen LogP contribution in [0, 0.1) is 13.8 Å². The highest BCUT2D eigenvalue weighted by Gasteiger charge is 2.32. The molecule has 0 aliphatic heterocycles. The van der Waals surface area contributed by atoms with Crippen molar-refractivity contribution in [2.75, 3.05) is 23.7 Å². The minimum atomic E-state index is -3.75. The highest BCUT2D eigenvalue weighted by Crippen LogP contribution is 2.27. The Labute approximate surface area is 210 Å². The molecule has 2 rings (SSSR count). The molecule has 192 valence electrons. The first-order valence-electron chi connectivity index (χ1n) is 12.2. The summed E-state index contributed by atoms with van der Waals surface area (Å²) in [7, 11) is -3.75. The number of rotatable bonds is 12. The van der Waals surface area contributed by atoms with Gasteiger partial charge in [0.15, 0.2) is 0 Å². The average Bonchev–Trinajstić information content (AvgIpc) is 2.80. The van der Waals surface area contributed by atoms with Crippen molar-refractivity contribution in [2.45, 2.75) is 66.0 Å². The number of sulfonamides is 1. The summed E-state index contributed by atoms with van der Waals surface area (Å²) in [5.41, 5.74) is 3.07. The van der Waals surface area contributed by atoms with Crippen molar-refractivity contribution in [3.8, 4) is 0 Å². The maximum Gasteiger partial charge on any atom is 0.244 e. The lowest BCUT2D eigenvalue weighted by molar-refractivity contribution is -0.139. The van der Waals surface area contributed by atoms with Crippen LogP contribution in [0.4, 0.5) is 5.69 Å². The lowest BCUT2D eigenvalue weighted by atomic mass is 10.1. The maximum absolute atomic E-state index is 13.7. The molecule has 0 aromatic heterocycles. The summed E-state index contributed by atoms with van der Waals surface area (Å²) in [6.45, 7) is 9.36. The van der Waals surface area contributed by atoms with Gasteiger partial charge in [-0.1, -0.05) is 62.4 Å². The number of para-hydroxylation sites is 1. The fraction of sp³-hybridized carbons (Fsp3) is 0.481. The molecular formula is C27H39N3O4S. The number of aryl methyl sites for hydroxylation is 2. The van der Waals surface area contributed by atoms with Crippen molar-refractivity contribution < 1.29 is 18.0 Å². The van der Waals surface area contributed by atoms with Crippen molar-refractivity contribution in [3.05, 3.63) is 65.2 Å². The van der Waals surface area contributed by atoms with E-state index in [4.69, 9.17) is 0 Å². The summed E-state index contributed by atoms with van der Waals surface area (Å²) in [5, 5.41) is 2.98. The van der Waals surface area contributed by atoms with Gasteiger partial charge in [-0.25, -0.2) is 8.42 Å². The second kappa shape index (κ2) is 12.7. The number of hydrogen-bond donors (Lipinski definition) is 1. The molecule has 0 heterocycles. The Kier molecular flexibility index (Phi) is 10.3. The average molecular weight is 502 g/mol. The van der Waals surface area contributed by atoms with Gasteiger partial charge in [-0.05, 0) is 56.7 Å². The van der Waals surface area contributed by atoms with Gasteiger partial charge in [0, 0.05) is 12.6 Å². The SMILES string of the molecule is CCC(C)NC(=O)C(CC)N(CCc1ccccc1)C(=O)CN(c1c(C)cccc1C)S(C)(=O)=O. The maximum atomic E-state index is 13.7. The number of carbonyl (C=O) groups excluding carboxylic acids is 2. The molecule has 2 aromatic rings. The second-order valence-corrected chi connectivity index (χ2v) is 11.0. The van der Waals surface area contributed by atoms with Gasteiger partial charge in [0.25, 0.3) is 0 Å². The third kappa shape index (κ3) is 7.82. The van der Waals surface area contributed by atoms with Crippen LogP contribution >= 0.6 is 0 Å². The van der Waals surface area contributed by atoms with Gasteiger partial charge >= 0.3 is 0 Å². The van der Waals surface area contributed by atoms with Gasteiger partial charge in [0.05, 0.1) is 11.9 Å². The van der Waals surface area contributed by atoms with Gasteiger partial charge in [-0.2, -0.15) is 0 Å². The molecule has 2 unspecified atom stereocenters. The first-order chi connectivity index (χ1) is 16.5. The minimum absolute atomic E-state index is 0.0234. The largest absolute Gasteiger partial charge is 0.352 e. The molecule has 1 N–H and O–H groups in total. The summed E-state index contributed by atoms with van der Waals surface area (Å²) in [5.74, 6) is -0.624. The standard InChI is InChI=1S/C27H39N3O4S/c1-7-22(5)28-27(32)24(8-2)29(18-17-23-15-10-9-11-16-23)25(31)19-30(35(6,33)34)26-20(3)13-12-14-21(26)4/h9-16,22,24H,7-8,17-19H2,1-6H3,(H,28,32). The fourth-order valence-electron chi connectivity index (χ4n) is 4.11. The van der Waals surface area contributed by atoms with Crippen molar-refractivity contribution in [2.24, 2.45) is 0 Å². The van der Waals surface area contributed by atoms with E-state index < -0.39 is 22.0 Å². The topological polar surface area (TPSA) is 86.8 Å². The lowest BCUT2D eigenvalue weighted by Crippen LogP contribution is -2.54. The zero-order valence-electron chi connectivity index (χ0n) is 21.7. The Morgan fingerprint density at radius 3 is 2.06 bits per heavy atom. The summed E-state index contributed by atoms with van der Waals surface area (Å²) in [4.78, 5) is 28.4. The van der Waals surface area contributed by atoms with E-state index in [0.29, 0.717) is 25.1 Å². The molecule has 2 amide bonds. The van der Waals surface area contributed by atoms with Crippen LogP contribution in [0.15, 0.2) is 48.5 Å². The Morgan fingerprint density at radius 2 is 1.54 bits per heavy atom. The predicted octanol–water partition coefficient (Wildman–Crippen LogP) is 3.83. The van der Waals surface area contributed by atoms with E-state index in [1.807, 2.05) is 83.1 Å². The molecule has 7 nitrogen and oxygen atoms in total. The number of nitrogens with one attached hydrogen (secondary N) is 1. The van der Waals surface area contributed by atoms with Gasteiger partial charge in [-0.15, -0.1) is 0 Å². The highest BCUT2D eigenvalue weighted by atomic mass is 32.2. The number of benzene rings is 2. The Morgan fingerprint density at radius 1 is 0.943 bits per heavy atom. The van der Waals surface area contributed by atoms with Crippen LogP contribution in [-0.2, 0) is 26.0 Å². The third-order valence-corrected chi connectivity index (χ3v) is 7.35. The normalized spacial score (nSPS) is 13.1. The molecule has 8 heteroatoms. The molecule has 2 atom stereocenters. The number of nitrogens with zero attached hydrogens (tertiary/aromatic N) is 2. The van der Waals surface area contributed by atoms with E-state index in [1.54, 1.807) is 0 Å². The second-order valence-electron chi connectivity index (χ2n) is 9.07. The van der Waals surface area contributed by atoms with Crippen LogP contribution in [0.25, 0.3) is 0 Å². The zero-order chi connectivity index (χ0) is 26.2. The lowest BCUT2D eigenvalue weighted by Gasteiger charge is -2.34. The monoisotopic (exact) mass is 501 g/mol. The Bertz CT molecular complexity index is 1080. The van der Waals surface area contributed by atoms with Crippen LogP contribution in [-0.4, -0.2) is 56.6 Å². The van der Waals surface area contributed by atoms with E-state index in [2.05, 4.69) is 5.32 Å². The number of amides is 2. The fourth-order valence-corrected chi connectivity index (χ4v) is 5.08. The Hall–Kier alpha value is -2.87. The minimum Gasteiger partial charge on any atom is -0.352 e. The molecule has 0 spiro atoms. The van der Waals surface area contributed by atoms with E-state index in [1.165, 1.54) is 4.90 Å². The summed E-state index contributed by atoms with van der Waals surface area (Å²) in [6, 6.07) is 14.5. The molecular weight excluding hydrogens is 462 g/mol. The van der Waals surface area contributed by atoms with E-state index in [0.717, 1.165) is 33.7 Å². The quantitative estimate of drug-likeness (QED) is 0.479. The molecule has 0 radical (unpaired) electrons. The number of anilines is 1. The van der Waals surface area contributed by atoms with Crippen LogP contribution in [0.3, 0.4) is 0 Å². The van der Waals surface area contributed by atoms with Gasteiger partial charge < -0.3 is 10.2 Å². The molecule has 0 saturated heterocycles. The molecule has 2 aromatic carbocycles. The highest BCUT2D eigenvalue weighted by molar-refractivity contribution is 7.92. The van der Waals surface area contributed by atoms with E-state index >= 15 is 0 Å². The van der Waals surface area contributed by atoms with Crippen LogP contribution < -0.4 is 9.62 Å². The summed E-state index contributed by atoms with van der Waals surface area (Å²) >= 11 is 0. The number of hydrogen-bond acceptors (Lipinski definition) is 4. The summed E-state index contributed by atoms with van der Waals surface area (Å²) in [6.07, 6.45) is 2.86. The third-order valence-electron chi connectivity index (χ3n) is 6.24. The molecule has 0 saturated carbocycles. The van der Waals surface area contributed by atoms with E-state index in [9.17, 15) is 18.0 Å². The van der Waals surface area contributed by atoms with Gasteiger partial charge in [-0.3, -0.25) is 13.9 Å². The predicted molar refractivity (Wildman–Crippen MR) is 142 cm³/mol. The van der Waals surface area contributed by atoms with Crippen molar-refractivity contribution >= 4 is 27.5 Å². The molecule has 0 bridgehead atoms. The molecule has 0 fully saturated rings. The number of carbonyl (C=O) groups is 2. The zero-order valence-corrected chi connectivity index (χ0v) is 22.6. The van der Waals surface area contributed by atoms with Crippen LogP contribution in [0.2, 0.25) is 0 Å². The van der Waals surface area contributed by atoms with E-state index in [-0.39, 0.29) is 18.5 Å². The van der Waals surface area contributed by atoms with Crippen molar-refractivity contribution in [3.63, 3.8) is 0 Å². The van der Waals surface area contributed by atoms with Gasteiger partial charge in [0.1, 0.15) is 12.6 Å². The van der Waals surface area contributed by atoms with Crippen LogP contribution in [0.5, 0.6) is 0 Å². The molecule has 0 aliphatic rings. The first kappa shape index (κ1) is 28.4. The molecule has 0 aliphatic carbocycles. The van der Waals surface area contributed by atoms with Gasteiger partial charge in [0.2, 0.25) is 21.8 Å². The Balaban J connectivity index is 2.42. The smallest absolute Gasteiger partial charge is 0.244 e. The molecule has 35 heavy (non-hydrogen) atoms. The van der Waals surface area contributed by atoms with Crippen molar-refractivity contribution in [1.82, 2.24) is 10.2 Å². The summed E-state index contributed by atoms with van der Waals surface area (Å²) < 4.78 is 26.8. The first-order valence-corrected chi connectivity index (χ1v) is 14.0. The van der Waals surface area contributed by atoms with Crippen molar-refractivity contribution in [1.29, 1.82) is 0 Å².